The molecule has 0 heterocycles. The number of ether oxygens (including phenoxy) is 1. The van der Waals surface area contributed by atoms with Gasteiger partial charge in [0.05, 0.1) is 13.2 Å². The van der Waals surface area contributed by atoms with Crippen LogP contribution in [0.5, 0.6) is 5.75 Å². The number of methoxy groups -OCH3 is 1. The van der Waals surface area contributed by atoms with E-state index < -0.39 is 0 Å². The molecule has 0 bridgehead atoms. The summed E-state index contributed by atoms with van der Waals surface area (Å²) in [6, 6.07) is 13.2. The molecule has 2 N–H and O–H groups in total. The van der Waals surface area contributed by atoms with Crippen molar-refractivity contribution in [3.8, 4) is 5.75 Å². The zero-order chi connectivity index (χ0) is 13.1. The maximum absolute atomic E-state index is 6.24. The molecular formula is C14H13BrClNO. The third-order valence-electron chi connectivity index (χ3n) is 2.77. The summed E-state index contributed by atoms with van der Waals surface area (Å²) >= 11 is 9.40. The molecule has 2 rings (SSSR count). The van der Waals surface area contributed by atoms with Gasteiger partial charge in [0.2, 0.25) is 0 Å². The van der Waals surface area contributed by atoms with Gasteiger partial charge in [-0.05, 0) is 35.4 Å². The third-order valence-corrected chi connectivity index (χ3v) is 3.69. The van der Waals surface area contributed by atoms with Crippen LogP contribution in [0.15, 0.2) is 46.9 Å². The molecular weight excluding hydrogens is 314 g/mol. The molecule has 0 aliphatic carbocycles. The minimum absolute atomic E-state index is 0.192. The van der Waals surface area contributed by atoms with Crippen LogP contribution in [0.4, 0.5) is 0 Å². The maximum atomic E-state index is 6.24. The quantitative estimate of drug-likeness (QED) is 0.919. The molecule has 0 saturated carbocycles. The van der Waals surface area contributed by atoms with E-state index in [9.17, 15) is 0 Å². The Kier molecular flexibility index (Phi) is 4.27. The first-order valence-electron chi connectivity index (χ1n) is 5.46. The van der Waals surface area contributed by atoms with Crippen molar-refractivity contribution in [2.24, 2.45) is 5.73 Å². The molecule has 94 valence electrons. The second kappa shape index (κ2) is 5.74. The largest absolute Gasteiger partial charge is 0.497 e. The first-order chi connectivity index (χ1) is 8.61. The summed E-state index contributed by atoms with van der Waals surface area (Å²) in [5.74, 6) is 0.820. The smallest absolute Gasteiger partial charge is 0.118 e. The molecule has 2 nitrogen and oxygen atoms in total. The fraction of sp³-hybridized carbons (Fsp3) is 0.143. The summed E-state index contributed by atoms with van der Waals surface area (Å²) in [4.78, 5) is 0. The molecule has 0 fully saturated rings. The number of halogens is 2. The molecule has 0 aliphatic rings. The lowest BCUT2D eigenvalue weighted by molar-refractivity contribution is 0.414. The molecule has 1 atom stereocenters. The van der Waals surface area contributed by atoms with Crippen molar-refractivity contribution >= 4 is 27.5 Å². The number of nitrogens with two attached hydrogens (primary N) is 1. The Morgan fingerprint density at radius 2 is 1.83 bits per heavy atom. The molecule has 18 heavy (non-hydrogen) atoms. The van der Waals surface area contributed by atoms with Crippen LogP contribution in [0.25, 0.3) is 0 Å². The summed E-state index contributed by atoms with van der Waals surface area (Å²) in [6.07, 6.45) is 0. The Hall–Kier alpha value is -1.03. The Balaban J connectivity index is 2.31. The Labute approximate surface area is 120 Å². The minimum atomic E-state index is -0.192. The van der Waals surface area contributed by atoms with Gasteiger partial charge in [-0.1, -0.05) is 45.7 Å². The highest BCUT2D eigenvalue weighted by Crippen LogP contribution is 2.29. The molecule has 1 unspecified atom stereocenters. The molecule has 2 aromatic carbocycles. The number of benzene rings is 2. The van der Waals surface area contributed by atoms with Crippen molar-refractivity contribution in [3.05, 3.63) is 63.1 Å². The molecule has 0 amide bonds. The summed E-state index contributed by atoms with van der Waals surface area (Å²) < 4.78 is 6.04. The van der Waals surface area contributed by atoms with E-state index in [1.54, 1.807) is 7.11 Å². The average molecular weight is 327 g/mol. The van der Waals surface area contributed by atoms with Gasteiger partial charge in [0.1, 0.15) is 5.75 Å². The average Bonchev–Trinajstić information content (AvgIpc) is 2.38. The van der Waals surface area contributed by atoms with Crippen molar-refractivity contribution in [1.29, 1.82) is 0 Å². The van der Waals surface area contributed by atoms with E-state index in [0.717, 1.165) is 21.3 Å². The SMILES string of the molecule is COc1ccc(C(N)c2ccc(Cl)cc2Br)cc1. The fourth-order valence-electron chi connectivity index (χ4n) is 1.74. The van der Waals surface area contributed by atoms with Crippen molar-refractivity contribution in [3.63, 3.8) is 0 Å². The summed E-state index contributed by atoms with van der Waals surface area (Å²) in [6.45, 7) is 0. The summed E-state index contributed by atoms with van der Waals surface area (Å²) in [5.41, 5.74) is 8.28. The Morgan fingerprint density at radius 3 is 2.39 bits per heavy atom. The van der Waals surface area contributed by atoms with Gasteiger partial charge in [0.25, 0.3) is 0 Å². The maximum Gasteiger partial charge on any atom is 0.118 e. The lowest BCUT2D eigenvalue weighted by Gasteiger charge is -2.15. The van der Waals surface area contributed by atoms with E-state index in [4.69, 9.17) is 22.1 Å². The highest BCUT2D eigenvalue weighted by Gasteiger charge is 2.12. The molecule has 2 aromatic rings. The third kappa shape index (κ3) is 2.86. The van der Waals surface area contributed by atoms with Gasteiger partial charge >= 0.3 is 0 Å². The minimum Gasteiger partial charge on any atom is -0.497 e. The molecule has 4 heteroatoms. The van der Waals surface area contributed by atoms with Gasteiger partial charge in [0.15, 0.2) is 0 Å². The van der Waals surface area contributed by atoms with Crippen LogP contribution >= 0.6 is 27.5 Å². The lowest BCUT2D eigenvalue weighted by Crippen LogP contribution is -2.12. The van der Waals surface area contributed by atoms with Gasteiger partial charge in [-0.3, -0.25) is 0 Å². The van der Waals surface area contributed by atoms with Crippen LogP contribution in [0.2, 0.25) is 5.02 Å². The van der Waals surface area contributed by atoms with Gasteiger partial charge in [-0.15, -0.1) is 0 Å². The van der Waals surface area contributed by atoms with E-state index in [2.05, 4.69) is 15.9 Å². The highest BCUT2D eigenvalue weighted by atomic mass is 79.9. The van der Waals surface area contributed by atoms with Gasteiger partial charge in [0, 0.05) is 9.50 Å². The lowest BCUT2D eigenvalue weighted by atomic mass is 10.00. The molecule has 0 aromatic heterocycles. The number of hydrogen-bond donors (Lipinski definition) is 1. The summed E-state index contributed by atoms with van der Waals surface area (Å²) in [7, 11) is 1.64. The van der Waals surface area contributed by atoms with Gasteiger partial charge in [-0.25, -0.2) is 0 Å². The van der Waals surface area contributed by atoms with E-state index in [-0.39, 0.29) is 6.04 Å². The van der Waals surface area contributed by atoms with Crippen LogP contribution in [0, 0.1) is 0 Å². The van der Waals surface area contributed by atoms with Crippen LogP contribution in [0.3, 0.4) is 0 Å². The predicted molar refractivity (Wildman–Crippen MR) is 78.2 cm³/mol. The summed E-state index contributed by atoms with van der Waals surface area (Å²) in [5, 5.41) is 0.688. The second-order valence-electron chi connectivity index (χ2n) is 3.92. The van der Waals surface area contributed by atoms with Gasteiger partial charge in [-0.2, -0.15) is 0 Å². The van der Waals surface area contributed by atoms with Crippen molar-refractivity contribution < 1.29 is 4.74 Å². The van der Waals surface area contributed by atoms with E-state index in [0.29, 0.717) is 5.02 Å². The molecule has 0 radical (unpaired) electrons. The first kappa shape index (κ1) is 13.4. The van der Waals surface area contributed by atoms with Crippen LogP contribution < -0.4 is 10.5 Å². The fourth-order valence-corrected chi connectivity index (χ4v) is 2.67. The zero-order valence-corrected chi connectivity index (χ0v) is 12.2. The second-order valence-corrected chi connectivity index (χ2v) is 5.21. The first-order valence-corrected chi connectivity index (χ1v) is 6.63. The number of hydrogen-bond acceptors (Lipinski definition) is 2. The van der Waals surface area contributed by atoms with E-state index >= 15 is 0 Å². The van der Waals surface area contributed by atoms with Gasteiger partial charge < -0.3 is 10.5 Å². The Morgan fingerprint density at radius 1 is 1.17 bits per heavy atom. The normalized spacial score (nSPS) is 12.2. The monoisotopic (exact) mass is 325 g/mol. The highest BCUT2D eigenvalue weighted by molar-refractivity contribution is 9.10. The Bertz CT molecular complexity index is 542. The molecule has 0 aliphatic heterocycles. The van der Waals surface area contributed by atoms with E-state index in [1.165, 1.54) is 0 Å². The van der Waals surface area contributed by atoms with Crippen molar-refractivity contribution in [2.75, 3.05) is 7.11 Å². The van der Waals surface area contributed by atoms with Crippen LogP contribution in [-0.2, 0) is 0 Å². The predicted octanol–water partition coefficient (Wildman–Crippen LogP) is 4.16. The zero-order valence-electron chi connectivity index (χ0n) is 9.86. The van der Waals surface area contributed by atoms with Crippen molar-refractivity contribution in [1.82, 2.24) is 0 Å². The van der Waals surface area contributed by atoms with Crippen LogP contribution in [0.1, 0.15) is 17.2 Å². The van der Waals surface area contributed by atoms with Crippen LogP contribution in [-0.4, -0.2) is 7.11 Å². The number of rotatable bonds is 3. The van der Waals surface area contributed by atoms with E-state index in [1.807, 2.05) is 42.5 Å². The molecule has 0 saturated heterocycles. The molecule has 0 spiro atoms. The van der Waals surface area contributed by atoms with Crippen molar-refractivity contribution in [2.45, 2.75) is 6.04 Å². The topological polar surface area (TPSA) is 35.2 Å². The standard InChI is InChI=1S/C14H13BrClNO/c1-18-11-5-2-9(3-6-11)14(17)12-7-4-10(16)8-13(12)15/h2-8,14H,17H2,1H3.